The summed E-state index contributed by atoms with van der Waals surface area (Å²) in [6.07, 6.45) is 4.13. The lowest BCUT2D eigenvalue weighted by Gasteiger charge is -2.33. The summed E-state index contributed by atoms with van der Waals surface area (Å²) in [6.45, 7) is 11.8. The van der Waals surface area contributed by atoms with Crippen LogP contribution < -0.4 is 0 Å². The van der Waals surface area contributed by atoms with Crippen molar-refractivity contribution in [3.63, 3.8) is 0 Å². The zero-order valence-corrected chi connectivity index (χ0v) is 16.5. The average molecular weight is 336 g/mol. The van der Waals surface area contributed by atoms with Gasteiger partial charge in [0.15, 0.2) is 0 Å². The molecule has 0 aromatic heterocycles. The number of nitrogens with zero attached hydrogens (tertiary/aromatic N) is 1. The van der Waals surface area contributed by atoms with Gasteiger partial charge >= 0.3 is 0 Å². The van der Waals surface area contributed by atoms with Crippen molar-refractivity contribution in [2.45, 2.75) is 44.9 Å². The fourth-order valence-corrected chi connectivity index (χ4v) is 3.37. The van der Waals surface area contributed by atoms with Crippen molar-refractivity contribution in [2.75, 3.05) is 0 Å². The van der Waals surface area contributed by atoms with Crippen LogP contribution in [0.3, 0.4) is 0 Å². The van der Waals surface area contributed by atoms with Gasteiger partial charge in [0.2, 0.25) is 0 Å². The van der Waals surface area contributed by atoms with Crippen LogP contribution in [0.4, 0.5) is 0 Å². The Balaban J connectivity index is 2.24. The highest BCUT2D eigenvalue weighted by Crippen LogP contribution is 2.36. The summed E-state index contributed by atoms with van der Waals surface area (Å²) in [7, 11) is -1.41. The summed E-state index contributed by atoms with van der Waals surface area (Å²) in [6, 6.07) is 21.0. The largest absolute Gasteiger partial charge is 0.280 e. The van der Waals surface area contributed by atoms with Gasteiger partial charge in [0.05, 0.1) is 14.1 Å². The molecule has 0 fully saturated rings. The van der Waals surface area contributed by atoms with Gasteiger partial charge in [0, 0.05) is 6.21 Å². The molecule has 0 bridgehead atoms. The fraction of sp³-hybridized carbons (Fsp3) is 0.318. The van der Waals surface area contributed by atoms with Crippen LogP contribution in [0.15, 0.2) is 77.4 Å². The van der Waals surface area contributed by atoms with Gasteiger partial charge in [-0.15, -0.1) is 0 Å². The smallest absolute Gasteiger partial charge is 0.0999 e. The van der Waals surface area contributed by atoms with Crippen LogP contribution in [0.2, 0.25) is 18.1 Å². The lowest BCUT2D eigenvalue weighted by atomic mass is 9.99. The standard InChI is InChI=1S/C22H29NSi/c1-22(2,3)24(4,5)18-12-17-23-21(19-13-8-6-9-14-19)20-15-10-7-11-16-20/h6-18,21H,1-5H3/b18-12+,23-17?. The van der Waals surface area contributed by atoms with Crippen molar-refractivity contribution >= 4 is 14.3 Å². The minimum atomic E-state index is -1.41. The van der Waals surface area contributed by atoms with Crippen molar-refractivity contribution in [1.82, 2.24) is 0 Å². The van der Waals surface area contributed by atoms with E-state index in [-0.39, 0.29) is 6.04 Å². The molecule has 2 aromatic rings. The summed E-state index contributed by atoms with van der Waals surface area (Å²) in [5.41, 5.74) is 4.84. The highest BCUT2D eigenvalue weighted by Gasteiger charge is 2.32. The minimum absolute atomic E-state index is 0.0523. The van der Waals surface area contributed by atoms with E-state index < -0.39 is 8.07 Å². The second-order valence-corrected chi connectivity index (χ2v) is 13.1. The van der Waals surface area contributed by atoms with E-state index >= 15 is 0 Å². The molecule has 0 atom stereocenters. The van der Waals surface area contributed by atoms with Crippen LogP contribution in [-0.2, 0) is 0 Å². The van der Waals surface area contributed by atoms with Crippen LogP contribution in [0.5, 0.6) is 0 Å². The van der Waals surface area contributed by atoms with E-state index in [4.69, 9.17) is 4.99 Å². The van der Waals surface area contributed by atoms with Crippen LogP contribution in [0, 0.1) is 0 Å². The molecule has 24 heavy (non-hydrogen) atoms. The predicted molar refractivity (Wildman–Crippen MR) is 110 cm³/mol. The van der Waals surface area contributed by atoms with Gasteiger partial charge in [-0.3, -0.25) is 4.99 Å². The lowest BCUT2D eigenvalue weighted by molar-refractivity contribution is 0.729. The summed E-state index contributed by atoms with van der Waals surface area (Å²) < 4.78 is 0. The van der Waals surface area contributed by atoms with Crippen LogP contribution in [-0.4, -0.2) is 14.3 Å². The Hall–Kier alpha value is -1.93. The van der Waals surface area contributed by atoms with Crippen molar-refractivity contribution in [3.05, 3.63) is 83.6 Å². The van der Waals surface area contributed by atoms with Gasteiger partial charge in [-0.1, -0.05) is 106 Å². The first-order valence-corrected chi connectivity index (χ1v) is 11.7. The van der Waals surface area contributed by atoms with E-state index in [1.54, 1.807) is 0 Å². The number of allylic oxidation sites excluding steroid dienone is 1. The molecule has 2 heteroatoms. The number of rotatable bonds is 5. The van der Waals surface area contributed by atoms with Crippen molar-refractivity contribution in [2.24, 2.45) is 4.99 Å². The molecule has 0 N–H and O–H groups in total. The monoisotopic (exact) mass is 335 g/mol. The summed E-state index contributed by atoms with van der Waals surface area (Å²) in [5, 5.41) is 0.357. The number of aliphatic imine (C=N–C) groups is 1. The normalized spacial score (nSPS) is 13.2. The third kappa shape index (κ3) is 4.78. The molecule has 0 heterocycles. The molecule has 0 unspecified atom stereocenters. The molecular weight excluding hydrogens is 306 g/mol. The quantitative estimate of drug-likeness (QED) is 0.440. The molecule has 1 nitrogen and oxygen atoms in total. The number of hydrogen-bond donors (Lipinski definition) is 0. The second-order valence-electron chi connectivity index (χ2n) is 7.85. The molecule has 0 aliphatic heterocycles. The zero-order valence-electron chi connectivity index (χ0n) is 15.5. The Bertz CT molecular complexity index is 639. The van der Waals surface area contributed by atoms with Gasteiger partial charge in [-0.25, -0.2) is 0 Å². The molecule has 0 aliphatic carbocycles. The average Bonchev–Trinajstić information content (AvgIpc) is 2.55. The molecule has 0 aliphatic rings. The minimum Gasteiger partial charge on any atom is -0.280 e. The highest BCUT2D eigenvalue weighted by molar-refractivity contribution is 6.84. The molecule has 0 saturated carbocycles. The van der Waals surface area contributed by atoms with Gasteiger partial charge in [0.25, 0.3) is 0 Å². The van der Waals surface area contributed by atoms with Crippen LogP contribution in [0.1, 0.15) is 37.9 Å². The first-order valence-electron chi connectivity index (χ1n) is 8.62. The fourth-order valence-electron chi connectivity index (χ4n) is 2.30. The SMILES string of the molecule is CC(C)(C)[Si](C)(C)/C=C/C=NC(c1ccccc1)c1ccccc1. The van der Waals surface area contributed by atoms with E-state index in [0.717, 1.165) is 0 Å². The number of hydrogen-bond acceptors (Lipinski definition) is 1. The molecule has 0 saturated heterocycles. The van der Waals surface area contributed by atoms with Crippen molar-refractivity contribution in [3.8, 4) is 0 Å². The van der Waals surface area contributed by atoms with E-state index in [9.17, 15) is 0 Å². The maximum atomic E-state index is 4.86. The Morgan fingerprint density at radius 1 is 0.833 bits per heavy atom. The maximum Gasteiger partial charge on any atom is 0.0999 e. The Morgan fingerprint density at radius 3 is 1.71 bits per heavy atom. The summed E-state index contributed by atoms with van der Waals surface area (Å²) in [5.74, 6) is 0. The molecular formula is C22H29NSi. The lowest BCUT2D eigenvalue weighted by Crippen LogP contribution is -2.34. The first kappa shape index (κ1) is 18.4. The maximum absolute atomic E-state index is 4.86. The van der Waals surface area contributed by atoms with Gasteiger partial charge in [-0.05, 0) is 16.2 Å². The summed E-state index contributed by atoms with van der Waals surface area (Å²) in [4.78, 5) is 4.86. The van der Waals surface area contributed by atoms with Gasteiger partial charge < -0.3 is 0 Å². The molecule has 0 radical (unpaired) electrons. The number of benzene rings is 2. The molecule has 0 amide bonds. The Labute approximate surface area is 148 Å². The van der Waals surface area contributed by atoms with Crippen molar-refractivity contribution < 1.29 is 0 Å². The van der Waals surface area contributed by atoms with E-state index in [0.29, 0.717) is 5.04 Å². The topological polar surface area (TPSA) is 12.4 Å². The Kier molecular flexibility index (Phi) is 5.95. The molecule has 126 valence electrons. The summed E-state index contributed by atoms with van der Waals surface area (Å²) >= 11 is 0. The Morgan fingerprint density at radius 2 is 1.29 bits per heavy atom. The third-order valence-electron chi connectivity index (χ3n) is 5.00. The van der Waals surface area contributed by atoms with Crippen LogP contribution >= 0.6 is 0 Å². The third-order valence-corrected chi connectivity index (χ3v) is 9.89. The first-order chi connectivity index (χ1) is 11.3. The van der Waals surface area contributed by atoms with Crippen molar-refractivity contribution in [1.29, 1.82) is 0 Å². The van der Waals surface area contributed by atoms with Gasteiger partial charge in [0.1, 0.15) is 0 Å². The molecule has 0 spiro atoms. The predicted octanol–water partition coefficient (Wildman–Crippen LogP) is 6.45. The van der Waals surface area contributed by atoms with Gasteiger partial charge in [-0.2, -0.15) is 0 Å². The van der Waals surface area contributed by atoms with Crippen LogP contribution in [0.25, 0.3) is 0 Å². The second kappa shape index (κ2) is 7.76. The highest BCUT2D eigenvalue weighted by atomic mass is 28.3. The molecule has 2 rings (SSSR count). The van der Waals surface area contributed by atoms with E-state index in [1.807, 2.05) is 18.3 Å². The molecule has 2 aromatic carbocycles. The van der Waals surface area contributed by atoms with E-state index in [2.05, 4.69) is 94.2 Å². The van der Waals surface area contributed by atoms with E-state index in [1.165, 1.54) is 11.1 Å². The zero-order chi connectivity index (χ0) is 17.6.